The van der Waals surface area contributed by atoms with Gasteiger partial charge in [-0.25, -0.2) is 4.98 Å². The first-order valence-corrected chi connectivity index (χ1v) is 31.8. The van der Waals surface area contributed by atoms with E-state index < -0.39 is 114 Å². The van der Waals surface area contributed by atoms with Crippen molar-refractivity contribution in [2.45, 2.75) is 153 Å². The summed E-state index contributed by atoms with van der Waals surface area (Å²) in [7, 11) is -5.90. The number of aromatic nitrogens is 2. The number of benzene rings is 3. The number of aliphatic hydroxyl groups excluding tert-OH is 1. The summed E-state index contributed by atoms with van der Waals surface area (Å²) in [4.78, 5) is 140. The van der Waals surface area contributed by atoms with Crippen LogP contribution in [0, 0.1) is 12.3 Å². The van der Waals surface area contributed by atoms with Gasteiger partial charge in [0.15, 0.2) is 0 Å². The number of nitrogens with zero attached hydrogens (tertiary/aromatic N) is 4. The standard InChI is InChI=1S/C60H74ClF2N10O13PS/c1-32(35-13-15-37(16-14-35)52-33(2)65-31-88-52)66-56(80)47-27-42(75)28-72(47)58(82)53(59(4,5)6)70-50(77)12-8-10-36-9-7-11-48(51(36)61)86-30-40(18-22-49(64)76)67-55(79)46-21-19-41-23-24-71(34(3)74)29-45(57(81)73(41)46)69-54(78)44-26-38-25-39(17-20-43(38)68-44)60(62,63)87(83,84)85/h7,9,11,13-17,20,25-26,31-32,40-42,45-47,53,68,75H,8,10,12,18-19,21-24,27-30H2,1-6H3,(H2,64,76)(H,66,80)(H,67,79)(H,69,78)(H,70,77)(H2,83,84,85)/t32-,40-,41+,42+,45-,46-,47-,53+/m0/s1. The normalized spacial score (nSPS) is 20.1. The van der Waals surface area contributed by atoms with E-state index in [1.165, 1.54) is 39.0 Å². The van der Waals surface area contributed by atoms with Crippen molar-refractivity contribution in [1.29, 1.82) is 0 Å². The highest BCUT2D eigenvalue weighted by Crippen LogP contribution is 2.59. The lowest BCUT2D eigenvalue weighted by atomic mass is 9.85. The van der Waals surface area contributed by atoms with Crippen molar-refractivity contribution >= 4 is 88.7 Å². The number of carbonyl (C=O) groups is 8. The van der Waals surface area contributed by atoms with Crippen molar-refractivity contribution in [2.75, 3.05) is 26.2 Å². The molecule has 8 rings (SSSR count). The fraction of sp³-hybridized carbons (Fsp3) is 0.483. The first-order chi connectivity index (χ1) is 41.4. The second-order valence-electron chi connectivity index (χ2n) is 23.8. The first-order valence-electron chi connectivity index (χ1n) is 28.9. The minimum absolute atomic E-state index is 0.0126. The van der Waals surface area contributed by atoms with Crippen LogP contribution < -0.4 is 31.7 Å². The minimum Gasteiger partial charge on any atom is -0.490 e. The van der Waals surface area contributed by atoms with Crippen molar-refractivity contribution in [3.8, 4) is 16.2 Å². The smallest absolute Gasteiger partial charge is 0.399 e. The number of nitrogens with two attached hydrogens (primary N) is 1. The van der Waals surface area contributed by atoms with Crippen LogP contribution in [0.25, 0.3) is 21.3 Å². The summed E-state index contributed by atoms with van der Waals surface area (Å²) in [6, 6.07) is 10.5. The molecule has 3 fully saturated rings. The number of β-amino-alcohol motifs (C(OH)–C–C–N with tert-alkyl or cyclic N) is 1. The molecule has 8 amide bonds. The molecule has 0 radical (unpaired) electrons. The lowest BCUT2D eigenvalue weighted by Crippen LogP contribution is -2.61. The average molecular weight is 1280 g/mol. The number of amides is 8. The Morgan fingerprint density at radius 2 is 1.66 bits per heavy atom. The Kier molecular flexibility index (Phi) is 20.9. The molecule has 5 heterocycles. The van der Waals surface area contributed by atoms with Gasteiger partial charge in [-0.3, -0.25) is 42.9 Å². The molecule has 23 nitrogen and oxygen atoms in total. The molecule has 0 spiro atoms. The number of ether oxygens (including phenoxy) is 1. The summed E-state index contributed by atoms with van der Waals surface area (Å²) in [5.41, 5.74) is 4.40. The molecule has 2 aromatic heterocycles. The number of rotatable bonds is 22. The summed E-state index contributed by atoms with van der Waals surface area (Å²) >= 11 is 8.44. The average Bonchev–Trinajstić information content (AvgIpc) is 3.52. The van der Waals surface area contributed by atoms with Gasteiger partial charge in [-0.2, -0.15) is 8.78 Å². The predicted octanol–water partition coefficient (Wildman–Crippen LogP) is 5.71. The Labute approximate surface area is 516 Å². The Bertz CT molecular complexity index is 3500. The summed E-state index contributed by atoms with van der Waals surface area (Å²) in [6.07, 6.45) is 0.384. The third-order valence-corrected chi connectivity index (χ3v) is 18.7. The molecule has 0 unspecified atom stereocenters. The number of aliphatic hydroxyl groups is 1. The highest BCUT2D eigenvalue weighted by molar-refractivity contribution is 7.52. The second-order valence-corrected chi connectivity index (χ2v) is 26.7. The fourth-order valence-electron chi connectivity index (χ4n) is 11.4. The van der Waals surface area contributed by atoms with Crippen molar-refractivity contribution in [1.82, 2.24) is 45.9 Å². The number of hydrogen-bond donors (Lipinski definition) is 9. The van der Waals surface area contributed by atoms with Gasteiger partial charge in [0, 0.05) is 68.3 Å². The van der Waals surface area contributed by atoms with Gasteiger partial charge in [-0.1, -0.05) is 74.8 Å². The summed E-state index contributed by atoms with van der Waals surface area (Å²) in [6.45, 7) is 10.1. The van der Waals surface area contributed by atoms with Crippen LogP contribution in [-0.4, -0.2) is 155 Å². The molecule has 88 heavy (non-hydrogen) atoms. The van der Waals surface area contributed by atoms with Gasteiger partial charge in [0.2, 0.25) is 41.4 Å². The number of likely N-dealkylation sites (tertiary alicyclic amines) is 1. The SMILES string of the molecule is CC(=O)N1CC[C@H]2CC[C@@H](C(=O)N[C@@H](CCC(N)=O)COc3cccc(CCCC(=O)N[C@H](C(=O)N4C[C@H](O)C[C@H]4C(=O)N[C@@H](C)c4ccc(-c5scnc5C)cc4)C(C)(C)C)c3Cl)N2C(=O)[C@@H](NC(=O)c2cc3cc(C(F)(F)P(=O)(O)O)ccc3[nH]2)C1. The van der Waals surface area contributed by atoms with E-state index in [9.17, 15) is 66.6 Å². The van der Waals surface area contributed by atoms with Gasteiger partial charge in [-0.05, 0) is 98.7 Å². The van der Waals surface area contributed by atoms with Gasteiger partial charge < -0.3 is 66.3 Å². The van der Waals surface area contributed by atoms with Gasteiger partial charge in [0.25, 0.3) is 5.91 Å². The zero-order chi connectivity index (χ0) is 64.2. The van der Waals surface area contributed by atoms with Crippen LogP contribution in [0.15, 0.2) is 72.2 Å². The molecule has 3 saturated heterocycles. The molecule has 474 valence electrons. The van der Waals surface area contributed by atoms with Crippen LogP contribution >= 0.6 is 30.5 Å². The summed E-state index contributed by atoms with van der Waals surface area (Å²) < 4.78 is 46.9. The van der Waals surface area contributed by atoms with E-state index in [-0.39, 0.29) is 91.6 Å². The number of fused-ring (bicyclic) bond motifs is 2. The van der Waals surface area contributed by atoms with E-state index in [0.717, 1.165) is 39.9 Å². The number of nitrogens with one attached hydrogen (secondary N) is 5. The third kappa shape index (κ3) is 15.5. The number of halogens is 3. The summed E-state index contributed by atoms with van der Waals surface area (Å²) in [5, 5.41) is 22.4. The Morgan fingerprint density at radius 3 is 2.32 bits per heavy atom. The van der Waals surface area contributed by atoms with Gasteiger partial charge in [0.1, 0.15) is 42.2 Å². The van der Waals surface area contributed by atoms with Crippen molar-refractivity contribution in [3.63, 3.8) is 0 Å². The zero-order valence-electron chi connectivity index (χ0n) is 49.5. The molecule has 10 N–H and O–H groups in total. The number of carbonyl (C=O) groups excluding carboxylic acids is 8. The highest BCUT2D eigenvalue weighted by atomic mass is 35.5. The summed E-state index contributed by atoms with van der Waals surface area (Å²) in [5.74, 6) is -4.32. The molecule has 3 aliphatic heterocycles. The molecule has 28 heteroatoms. The molecular formula is C60H74ClF2N10O13PS. The predicted molar refractivity (Wildman–Crippen MR) is 323 cm³/mol. The van der Waals surface area contributed by atoms with Gasteiger partial charge in [-0.15, -0.1) is 11.3 Å². The second kappa shape index (κ2) is 27.6. The van der Waals surface area contributed by atoms with Gasteiger partial charge in [0.05, 0.1) is 39.3 Å². The van der Waals surface area contributed by atoms with E-state index in [1.54, 1.807) is 44.5 Å². The van der Waals surface area contributed by atoms with Crippen molar-refractivity contribution in [3.05, 3.63) is 105 Å². The Morgan fingerprint density at radius 1 is 0.943 bits per heavy atom. The fourth-order valence-corrected chi connectivity index (χ4v) is 13.0. The van der Waals surface area contributed by atoms with Crippen LogP contribution in [0.1, 0.15) is 125 Å². The number of alkyl halides is 2. The highest BCUT2D eigenvalue weighted by Gasteiger charge is 2.51. The molecule has 5 aromatic rings. The van der Waals surface area contributed by atoms with Crippen molar-refractivity contribution < 1.29 is 71.3 Å². The first kappa shape index (κ1) is 66.6. The monoisotopic (exact) mass is 1280 g/mol. The molecule has 3 aliphatic rings. The molecule has 0 aliphatic carbocycles. The number of thiazole rings is 1. The van der Waals surface area contributed by atoms with E-state index in [4.69, 9.17) is 22.1 Å². The Balaban J connectivity index is 0.873. The lowest BCUT2D eigenvalue weighted by Gasteiger charge is -2.38. The largest absolute Gasteiger partial charge is 0.490 e. The maximum absolute atomic E-state index is 14.6. The number of aryl methyl sites for hydroxylation is 2. The lowest BCUT2D eigenvalue weighted by molar-refractivity contribution is -0.145. The molecule has 0 saturated carbocycles. The zero-order valence-corrected chi connectivity index (χ0v) is 52.0. The maximum atomic E-state index is 14.6. The van der Waals surface area contributed by atoms with Gasteiger partial charge >= 0.3 is 13.3 Å². The van der Waals surface area contributed by atoms with Crippen LogP contribution in [0.5, 0.6) is 5.75 Å². The van der Waals surface area contributed by atoms with E-state index in [2.05, 4.69) is 31.2 Å². The van der Waals surface area contributed by atoms with Crippen LogP contribution in [0.2, 0.25) is 5.02 Å². The van der Waals surface area contributed by atoms with E-state index >= 15 is 0 Å². The van der Waals surface area contributed by atoms with Crippen LogP contribution in [0.4, 0.5) is 8.78 Å². The Hall–Kier alpha value is -7.35. The molecular weight excluding hydrogens is 1210 g/mol. The third-order valence-electron chi connectivity index (χ3n) is 16.3. The number of H-pyrrole nitrogens is 1. The molecule has 8 atom stereocenters. The van der Waals surface area contributed by atoms with E-state index in [1.807, 2.05) is 38.1 Å². The minimum atomic E-state index is -5.90. The number of aromatic amines is 1. The van der Waals surface area contributed by atoms with Crippen LogP contribution in [0.3, 0.4) is 0 Å². The molecule has 0 bridgehead atoms. The van der Waals surface area contributed by atoms with Crippen LogP contribution in [-0.2, 0) is 50.2 Å². The topological polar surface area (TPSA) is 336 Å². The maximum Gasteiger partial charge on any atom is 0.399 e. The number of primary amides is 1. The van der Waals surface area contributed by atoms with E-state index in [0.29, 0.717) is 31.2 Å². The quantitative estimate of drug-likeness (QED) is 0.0375. The molecule has 3 aromatic carbocycles. The van der Waals surface area contributed by atoms with Crippen molar-refractivity contribution in [2.24, 2.45) is 11.1 Å². The number of hydrogen-bond acceptors (Lipinski definition) is 13.